The van der Waals surface area contributed by atoms with Gasteiger partial charge < -0.3 is 18.6 Å². The van der Waals surface area contributed by atoms with Gasteiger partial charge in [0.1, 0.15) is 12.4 Å². The van der Waals surface area contributed by atoms with Gasteiger partial charge in [-0.05, 0) is 24.6 Å². The first-order valence-electron chi connectivity index (χ1n) is 8.95. The zero-order valence-electron chi connectivity index (χ0n) is 15.5. The molecule has 0 amide bonds. The van der Waals surface area contributed by atoms with E-state index in [1.807, 2.05) is 6.92 Å². The van der Waals surface area contributed by atoms with Crippen LogP contribution in [-0.2, 0) is 4.74 Å². The van der Waals surface area contributed by atoms with Crippen LogP contribution in [0.2, 0.25) is 5.02 Å². The lowest BCUT2D eigenvalue weighted by Gasteiger charge is -2.37. The molecule has 2 aromatic heterocycles. The number of ether oxygens (including phenoxy) is 3. The maximum absolute atomic E-state index is 13.6. The topological polar surface area (TPSA) is 79.5 Å². The number of halogens is 2. The number of hydrogen-bond acceptors (Lipinski definition) is 7. The number of oxazole rings is 1. The van der Waals surface area contributed by atoms with E-state index in [4.69, 9.17) is 30.2 Å². The van der Waals surface area contributed by atoms with Gasteiger partial charge in [-0.15, -0.1) is 0 Å². The van der Waals surface area contributed by atoms with Gasteiger partial charge in [-0.2, -0.15) is 9.97 Å². The Morgan fingerprint density at radius 3 is 2.75 bits per heavy atom. The lowest BCUT2D eigenvalue weighted by Crippen LogP contribution is -2.44. The van der Waals surface area contributed by atoms with Gasteiger partial charge in [0.05, 0.1) is 30.4 Å². The molecule has 0 N–H and O–H groups in total. The van der Waals surface area contributed by atoms with Gasteiger partial charge >= 0.3 is 6.01 Å². The van der Waals surface area contributed by atoms with E-state index < -0.39 is 5.82 Å². The van der Waals surface area contributed by atoms with Gasteiger partial charge in [-0.1, -0.05) is 25.4 Å². The second-order valence-corrected chi connectivity index (χ2v) is 7.46. The molecule has 0 atom stereocenters. The molecule has 28 heavy (non-hydrogen) atoms. The summed E-state index contributed by atoms with van der Waals surface area (Å²) in [6, 6.07) is 4.08. The third kappa shape index (κ3) is 3.74. The van der Waals surface area contributed by atoms with E-state index in [0.29, 0.717) is 42.5 Å². The summed E-state index contributed by atoms with van der Waals surface area (Å²) in [6.07, 6.45) is 0.789. The molecule has 0 aliphatic carbocycles. The predicted octanol–water partition coefficient (Wildman–Crippen LogP) is 4.28. The minimum Gasteiger partial charge on any atom is -0.476 e. The minimum absolute atomic E-state index is 0.0651. The van der Waals surface area contributed by atoms with Crippen LogP contribution < -0.4 is 9.47 Å². The molecule has 9 heteroatoms. The van der Waals surface area contributed by atoms with Crippen LogP contribution in [0.4, 0.5) is 4.39 Å². The maximum Gasteiger partial charge on any atom is 0.323 e. The third-order valence-corrected chi connectivity index (χ3v) is 4.59. The highest BCUT2D eigenvalue weighted by atomic mass is 35.5. The van der Waals surface area contributed by atoms with Crippen molar-refractivity contribution >= 4 is 22.8 Å². The number of hydrogen-bond donors (Lipinski definition) is 0. The quantitative estimate of drug-likeness (QED) is 0.578. The van der Waals surface area contributed by atoms with E-state index in [2.05, 4.69) is 21.9 Å². The van der Waals surface area contributed by atoms with Crippen LogP contribution in [0.15, 0.2) is 22.6 Å². The first-order valence-corrected chi connectivity index (χ1v) is 9.32. The first-order chi connectivity index (χ1) is 13.5. The summed E-state index contributed by atoms with van der Waals surface area (Å²) in [7, 11) is 0. The fourth-order valence-electron chi connectivity index (χ4n) is 2.69. The van der Waals surface area contributed by atoms with Gasteiger partial charge in [0, 0.05) is 5.41 Å². The Balaban J connectivity index is 1.71. The molecule has 0 unspecified atom stereocenters. The molecule has 4 rings (SSSR count). The van der Waals surface area contributed by atoms with E-state index >= 15 is 0 Å². The fraction of sp³-hybridized carbons (Fsp3) is 0.421. The predicted molar refractivity (Wildman–Crippen MR) is 100 cm³/mol. The van der Waals surface area contributed by atoms with Gasteiger partial charge in [0.15, 0.2) is 5.52 Å². The molecule has 1 saturated heterocycles. The molecular formula is C19H19ClFN3O4. The van der Waals surface area contributed by atoms with Crippen molar-refractivity contribution in [3.63, 3.8) is 0 Å². The summed E-state index contributed by atoms with van der Waals surface area (Å²) in [5.74, 6) is -0.0683. The zero-order valence-corrected chi connectivity index (χ0v) is 16.3. The Kier molecular flexibility index (Phi) is 5.07. The van der Waals surface area contributed by atoms with Crippen LogP contribution in [0.3, 0.4) is 0 Å². The summed E-state index contributed by atoms with van der Waals surface area (Å²) < 4.78 is 36.0. The zero-order chi connectivity index (χ0) is 19.7. The van der Waals surface area contributed by atoms with Crippen LogP contribution in [0.5, 0.6) is 11.9 Å². The smallest absolute Gasteiger partial charge is 0.323 e. The van der Waals surface area contributed by atoms with Crippen molar-refractivity contribution in [2.75, 3.05) is 26.4 Å². The highest BCUT2D eigenvalue weighted by molar-refractivity contribution is 6.33. The Hall–Kier alpha value is -2.45. The SMILES string of the molecule is CCCOc1nc(OCC2(C)COC2)nc2oc(-c3cc(F)ccc3Cl)nc12. The molecule has 0 radical (unpaired) electrons. The standard InChI is InChI=1S/C19H19ClFN3O4/c1-3-6-26-16-14-17(24-18(23-16)27-10-19(2)8-25-9-19)28-15(22-14)12-7-11(21)4-5-13(12)20/h4-5,7H,3,6,8-10H2,1-2H3. The molecule has 148 valence electrons. The first kappa shape index (κ1) is 18.9. The maximum atomic E-state index is 13.6. The third-order valence-electron chi connectivity index (χ3n) is 4.26. The highest BCUT2D eigenvalue weighted by Gasteiger charge is 2.34. The molecular weight excluding hydrogens is 389 g/mol. The average molecular weight is 408 g/mol. The van der Waals surface area contributed by atoms with Gasteiger partial charge in [-0.25, -0.2) is 9.37 Å². The fourth-order valence-corrected chi connectivity index (χ4v) is 2.89. The molecule has 1 aliphatic heterocycles. The van der Waals surface area contributed by atoms with E-state index in [0.717, 1.165) is 6.42 Å². The molecule has 7 nitrogen and oxygen atoms in total. The second-order valence-electron chi connectivity index (χ2n) is 7.05. The minimum atomic E-state index is -0.449. The van der Waals surface area contributed by atoms with Crippen LogP contribution in [0, 0.1) is 11.2 Å². The number of aromatic nitrogens is 3. The van der Waals surface area contributed by atoms with E-state index in [9.17, 15) is 4.39 Å². The summed E-state index contributed by atoms with van der Waals surface area (Å²) in [5, 5.41) is 0.311. The van der Waals surface area contributed by atoms with E-state index in [1.165, 1.54) is 18.2 Å². The van der Waals surface area contributed by atoms with Gasteiger partial charge in [0.25, 0.3) is 11.6 Å². The van der Waals surface area contributed by atoms with E-state index in [-0.39, 0.29) is 28.9 Å². The number of benzene rings is 1. The second kappa shape index (κ2) is 7.52. The summed E-state index contributed by atoms with van der Waals surface area (Å²) in [4.78, 5) is 13.0. The molecule has 0 bridgehead atoms. The molecule has 1 aromatic carbocycles. The molecule has 1 fully saturated rings. The largest absolute Gasteiger partial charge is 0.476 e. The summed E-state index contributed by atoms with van der Waals surface area (Å²) in [5.41, 5.74) is 0.767. The van der Waals surface area contributed by atoms with Crippen LogP contribution in [-0.4, -0.2) is 41.4 Å². The van der Waals surface area contributed by atoms with Crippen molar-refractivity contribution in [1.82, 2.24) is 15.0 Å². The summed E-state index contributed by atoms with van der Waals surface area (Å²) in [6.45, 7) is 6.14. The molecule has 3 aromatic rings. The number of nitrogens with zero attached hydrogens (tertiary/aromatic N) is 3. The van der Waals surface area contributed by atoms with Crippen LogP contribution >= 0.6 is 11.6 Å². The van der Waals surface area contributed by atoms with Crippen molar-refractivity contribution in [3.05, 3.63) is 29.0 Å². The molecule has 1 aliphatic rings. The number of rotatable bonds is 7. The van der Waals surface area contributed by atoms with Crippen molar-refractivity contribution in [1.29, 1.82) is 0 Å². The lowest BCUT2D eigenvalue weighted by atomic mass is 9.90. The van der Waals surface area contributed by atoms with E-state index in [1.54, 1.807) is 0 Å². The monoisotopic (exact) mass is 407 g/mol. The van der Waals surface area contributed by atoms with Crippen molar-refractivity contribution in [2.45, 2.75) is 20.3 Å². The van der Waals surface area contributed by atoms with Gasteiger partial charge in [-0.3, -0.25) is 0 Å². The molecule has 0 saturated carbocycles. The van der Waals surface area contributed by atoms with Gasteiger partial charge in [0.2, 0.25) is 5.89 Å². The van der Waals surface area contributed by atoms with Crippen molar-refractivity contribution in [2.24, 2.45) is 5.41 Å². The summed E-state index contributed by atoms with van der Waals surface area (Å²) >= 11 is 6.16. The average Bonchev–Trinajstić information content (AvgIpc) is 3.08. The Bertz CT molecular complexity index is 1010. The van der Waals surface area contributed by atoms with Crippen molar-refractivity contribution < 1.29 is 23.0 Å². The van der Waals surface area contributed by atoms with Crippen molar-refractivity contribution in [3.8, 4) is 23.3 Å². The molecule has 3 heterocycles. The Labute approximate surface area is 165 Å². The molecule has 0 spiro atoms. The van der Waals surface area contributed by atoms with Crippen LogP contribution in [0.25, 0.3) is 22.7 Å². The van der Waals surface area contributed by atoms with Crippen LogP contribution in [0.1, 0.15) is 20.3 Å². The Morgan fingerprint density at radius 1 is 1.21 bits per heavy atom. The highest BCUT2D eigenvalue weighted by Crippen LogP contribution is 2.34. The lowest BCUT2D eigenvalue weighted by molar-refractivity contribution is -0.121. The Morgan fingerprint density at radius 2 is 2.04 bits per heavy atom. The normalized spacial score (nSPS) is 15.4. The number of fused-ring (bicyclic) bond motifs is 1.